The number of aliphatic imine (C=N–C) groups is 5. The SMILES string of the molecule is C[C@H](CCCN=C(N)N)CN[C@H](CCCCC(=N)N)C(=O)N[C@H](CCCN=C(N)N)C(=O)N[C@H](CCCCC(=N)N)C(=O)N[C@H](CCCN=C(N)N)C(=O)N[C@H](CCCN=C(N)N)C(=O)N[C@H](CCCN=C(N)N)C(=O)N[C@H](CS)C(=O)N[C@H](CCCCN)C(N)=O. The van der Waals surface area contributed by atoms with Gasteiger partial charge in [0.05, 0.1) is 17.7 Å². The van der Waals surface area contributed by atoms with Crippen molar-refractivity contribution in [2.45, 2.75) is 190 Å². The average Bonchev–Trinajstić information content (AvgIpc) is 1.04. The first-order chi connectivity index (χ1) is 43.5. The number of unbranched alkanes of at least 4 members (excludes halogenated alkanes) is 3. The summed E-state index contributed by atoms with van der Waals surface area (Å²) in [5.74, 6) is -7.75. The molecular formula is C54H109N29O8S. The Kier molecular flexibility index (Phi) is 44.4. The van der Waals surface area contributed by atoms with Gasteiger partial charge in [-0.15, -0.1) is 0 Å². The van der Waals surface area contributed by atoms with E-state index >= 15 is 0 Å². The number of rotatable bonds is 53. The van der Waals surface area contributed by atoms with Gasteiger partial charge >= 0.3 is 0 Å². The van der Waals surface area contributed by atoms with Crippen LogP contribution in [0.25, 0.3) is 0 Å². The first kappa shape index (κ1) is 83.3. The van der Waals surface area contributed by atoms with Crippen molar-refractivity contribution in [1.82, 2.24) is 42.5 Å². The normalized spacial score (nSPS) is 13.8. The van der Waals surface area contributed by atoms with Gasteiger partial charge in [0.15, 0.2) is 29.8 Å². The number of primary amides is 1. The minimum atomic E-state index is -1.47. The van der Waals surface area contributed by atoms with Crippen LogP contribution in [0.2, 0.25) is 0 Å². The Morgan fingerprint density at radius 3 is 0.891 bits per heavy atom. The molecule has 0 heterocycles. The average molecular weight is 1320 g/mol. The van der Waals surface area contributed by atoms with E-state index in [4.69, 9.17) is 91.1 Å². The minimum absolute atomic E-state index is 0.00817. The van der Waals surface area contributed by atoms with Crippen molar-refractivity contribution in [2.24, 2.45) is 111 Å². The lowest BCUT2D eigenvalue weighted by Crippen LogP contribution is -2.60. The van der Waals surface area contributed by atoms with Gasteiger partial charge in [-0.25, -0.2) is 0 Å². The van der Waals surface area contributed by atoms with Crippen LogP contribution < -0.4 is 123 Å². The maximum atomic E-state index is 14.7. The molecule has 0 aliphatic heterocycles. The lowest BCUT2D eigenvalue weighted by atomic mass is 10.0. The summed E-state index contributed by atoms with van der Waals surface area (Å²) in [5, 5.41) is 37.6. The molecule has 0 unspecified atom stereocenters. The highest BCUT2D eigenvalue weighted by Crippen LogP contribution is 2.13. The molecule has 524 valence electrons. The van der Waals surface area contributed by atoms with Crippen molar-refractivity contribution in [1.29, 1.82) is 10.8 Å². The van der Waals surface area contributed by atoms with Gasteiger partial charge in [-0.2, -0.15) is 12.6 Å². The molecule has 0 bridgehead atoms. The zero-order valence-corrected chi connectivity index (χ0v) is 54.1. The van der Waals surface area contributed by atoms with Crippen LogP contribution >= 0.6 is 12.6 Å². The zero-order valence-electron chi connectivity index (χ0n) is 53.2. The largest absolute Gasteiger partial charge is 0.388 e. The first-order valence-corrected chi connectivity index (χ1v) is 31.5. The molecule has 0 rings (SSSR count). The van der Waals surface area contributed by atoms with E-state index in [0.717, 1.165) is 6.42 Å². The fraction of sp³-hybridized carbons (Fsp3) is 0.722. The summed E-state index contributed by atoms with van der Waals surface area (Å²) in [5.41, 5.74) is 78.0. The summed E-state index contributed by atoms with van der Waals surface area (Å²) >= 11 is 4.26. The predicted molar refractivity (Wildman–Crippen MR) is 361 cm³/mol. The second kappa shape index (κ2) is 49.1. The Labute approximate surface area is 544 Å². The maximum Gasteiger partial charge on any atom is 0.244 e. The lowest BCUT2D eigenvalue weighted by Gasteiger charge is -2.28. The fourth-order valence-electron chi connectivity index (χ4n) is 8.98. The maximum absolute atomic E-state index is 14.7. The van der Waals surface area contributed by atoms with Crippen molar-refractivity contribution in [3.8, 4) is 0 Å². The monoisotopic (exact) mass is 1320 g/mol. The van der Waals surface area contributed by atoms with E-state index in [1.807, 2.05) is 6.92 Å². The smallest absolute Gasteiger partial charge is 0.244 e. The molecule has 0 aliphatic rings. The van der Waals surface area contributed by atoms with Crippen LogP contribution in [0.4, 0.5) is 0 Å². The van der Waals surface area contributed by atoms with Gasteiger partial charge in [-0.1, -0.05) is 19.8 Å². The number of hydrogen-bond acceptors (Lipinski definition) is 18. The van der Waals surface area contributed by atoms with Gasteiger partial charge in [-0.3, -0.25) is 74.1 Å². The number of amides is 8. The second-order valence-electron chi connectivity index (χ2n) is 22.1. The summed E-state index contributed by atoms with van der Waals surface area (Å²) in [6, 6.07) is -10.3. The van der Waals surface area contributed by atoms with Crippen LogP contribution in [0, 0.1) is 16.7 Å². The molecule has 9 atom stereocenters. The van der Waals surface area contributed by atoms with Gasteiger partial charge in [0.1, 0.15) is 42.3 Å². The Morgan fingerprint density at radius 1 is 0.348 bits per heavy atom. The quantitative estimate of drug-likeness (QED) is 0.0116. The number of carbonyl (C=O) groups is 8. The third kappa shape index (κ3) is 41.6. The molecule has 38 N–H and O–H groups in total. The van der Waals surface area contributed by atoms with Crippen LogP contribution in [0.3, 0.4) is 0 Å². The first-order valence-electron chi connectivity index (χ1n) is 30.9. The van der Waals surface area contributed by atoms with E-state index in [2.05, 4.69) is 80.1 Å². The molecule has 0 aliphatic carbocycles. The molecule has 38 heteroatoms. The Balaban J connectivity index is 7.45. The number of nitrogens with one attached hydrogen (secondary N) is 10. The number of guanidine groups is 5. The van der Waals surface area contributed by atoms with Crippen molar-refractivity contribution in [2.75, 3.05) is 51.6 Å². The van der Waals surface area contributed by atoms with E-state index in [0.29, 0.717) is 71.0 Å². The lowest BCUT2D eigenvalue weighted by molar-refractivity contribution is -0.136. The van der Waals surface area contributed by atoms with E-state index < -0.39 is 95.6 Å². The molecule has 0 saturated heterocycles. The number of nitrogens with zero attached hydrogens (tertiary/aromatic N) is 5. The van der Waals surface area contributed by atoms with Gasteiger partial charge in [0, 0.05) is 51.3 Å². The Morgan fingerprint density at radius 2 is 0.598 bits per heavy atom. The summed E-state index contributed by atoms with van der Waals surface area (Å²) in [6.07, 6.45) is 4.93. The van der Waals surface area contributed by atoms with Crippen molar-refractivity contribution >= 4 is 101 Å². The summed E-state index contributed by atoms with van der Waals surface area (Å²) in [4.78, 5) is 133. The molecule has 0 saturated carbocycles. The van der Waals surface area contributed by atoms with Crippen LogP contribution in [-0.2, 0) is 38.4 Å². The number of carbonyl (C=O) groups excluding carboxylic acids is 8. The van der Waals surface area contributed by atoms with Crippen LogP contribution in [-0.4, -0.2) is 189 Å². The third-order valence-corrected chi connectivity index (χ3v) is 14.3. The molecule has 0 spiro atoms. The van der Waals surface area contributed by atoms with Crippen LogP contribution in [0.15, 0.2) is 25.0 Å². The fourth-order valence-corrected chi connectivity index (χ4v) is 9.24. The molecule has 0 aromatic rings. The predicted octanol–water partition coefficient (Wildman–Crippen LogP) is -7.22. The number of thiol groups is 1. The molecule has 0 fully saturated rings. The van der Waals surface area contributed by atoms with E-state index in [1.54, 1.807) is 0 Å². The minimum Gasteiger partial charge on any atom is -0.388 e. The topological polar surface area (TPSA) is 707 Å². The highest BCUT2D eigenvalue weighted by molar-refractivity contribution is 7.80. The summed E-state index contributed by atoms with van der Waals surface area (Å²) < 4.78 is 0. The molecule has 8 amide bonds. The molecule has 37 nitrogen and oxygen atoms in total. The number of nitrogens with two attached hydrogens (primary N) is 14. The van der Waals surface area contributed by atoms with Gasteiger partial charge < -0.3 is 123 Å². The molecular weight excluding hydrogens is 1210 g/mol. The van der Waals surface area contributed by atoms with Crippen molar-refractivity contribution < 1.29 is 38.4 Å². The molecule has 0 aromatic heterocycles. The second-order valence-corrected chi connectivity index (χ2v) is 22.5. The van der Waals surface area contributed by atoms with Gasteiger partial charge in [0.25, 0.3) is 0 Å². The number of amidine groups is 2. The molecule has 0 aromatic carbocycles. The van der Waals surface area contributed by atoms with Crippen molar-refractivity contribution in [3.63, 3.8) is 0 Å². The highest BCUT2D eigenvalue weighted by atomic mass is 32.1. The van der Waals surface area contributed by atoms with Crippen LogP contribution in [0.1, 0.15) is 142 Å². The molecule has 92 heavy (non-hydrogen) atoms. The van der Waals surface area contributed by atoms with E-state index in [9.17, 15) is 38.4 Å². The zero-order chi connectivity index (χ0) is 69.6. The standard InChI is InChI=1S/C54H109N29O8S/c1-31(13-8-24-71-50(61)62)29-76-33(15-2-4-21-40(56)57)43(85)78-35(17-9-25-72-51(63)64)45(87)79-34(16-3-5-22-41(58)59)44(86)80-36(18-10-26-73-52(65)66)46(88)81-37(19-11-27-74-53(67)68)47(89)82-38(20-12-28-75-54(69)70)48(90)83-39(30-92)49(91)77-32(42(60)84)14-6-7-23-55/h31-39,76,92H,2-30,55H2,1H3,(H3,56,57)(H3,58,59)(H2,60,84)(H,77,91)(H,78,85)(H,79,87)(H,80,86)(H,81,88)(H,82,89)(H,83,90)(H4,61,62,71)(H4,63,64,72)(H4,65,66,73)(H4,67,68,74)(H4,69,70,75)/t31-,32-,33-,34-,35-,36-,37-,38-,39-/m1/s1. The summed E-state index contributed by atoms with van der Waals surface area (Å²) in [7, 11) is 0. The van der Waals surface area contributed by atoms with E-state index in [1.165, 1.54) is 0 Å². The highest BCUT2D eigenvalue weighted by Gasteiger charge is 2.34. The number of hydrogen-bond donors (Lipinski definition) is 25. The Bertz CT molecular complexity index is 2450. The van der Waals surface area contributed by atoms with Gasteiger partial charge in [-0.05, 0) is 128 Å². The van der Waals surface area contributed by atoms with Crippen molar-refractivity contribution in [3.05, 3.63) is 0 Å². The Hall–Kier alpha value is -8.68. The molecule has 0 radical (unpaired) electrons. The van der Waals surface area contributed by atoms with Gasteiger partial charge in [0.2, 0.25) is 47.3 Å². The van der Waals surface area contributed by atoms with Crippen LogP contribution in [0.5, 0.6) is 0 Å². The van der Waals surface area contributed by atoms with E-state index in [-0.39, 0.29) is 156 Å². The summed E-state index contributed by atoms with van der Waals surface area (Å²) in [6.45, 7) is 3.21. The third-order valence-electron chi connectivity index (χ3n) is 13.9.